The molecular formula is C14H11FN2O2. The smallest absolute Gasteiger partial charge is 0.283 e. The predicted molar refractivity (Wildman–Crippen MR) is 67.5 cm³/mol. The van der Waals surface area contributed by atoms with Crippen LogP contribution in [0.5, 0.6) is 0 Å². The van der Waals surface area contributed by atoms with Crippen LogP contribution in [-0.2, 0) is 6.42 Å². The van der Waals surface area contributed by atoms with E-state index < -0.39 is 11.4 Å². The average Bonchev–Trinajstić information content (AvgIpc) is 2.42. The van der Waals surface area contributed by atoms with E-state index in [2.05, 4.69) is 9.97 Å². The molecule has 0 fully saturated rings. The van der Waals surface area contributed by atoms with Gasteiger partial charge in [0.25, 0.3) is 5.56 Å². The van der Waals surface area contributed by atoms with Crippen molar-refractivity contribution in [3.63, 3.8) is 0 Å². The molecule has 1 aliphatic rings. The lowest BCUT2D eigenvalue weighted by Crippen LogP contribution is -2.13. The molecule has 0 bridgehead atoms. The highest BCUT2D eigenvalue weighted by Gasteiger charge is 2.18. The lowest BCUT2D eigenvalue weighted by atomic mass is 9.94. The first-order valence-electron chi connectivity index (χ1n) is 6.07. The Balaban J connectivity index is 2.09. The number of pyridine rings is 2. The molecular weight excluding hydrogens is 247 g/mol. The molecule has 2 heterocycles. The minimum Gasteiger partial charge on any atom is -0.326 e. The van der Waals surface area contributed by atoms with E-state index in [-0.39, 0.29) is 5.78 Å². The lowest BCUT2D eigenvalue weighted by Gasteiger charge is -2.14. The molecule has 3 rings (SSSR count). The van der Waals surface area contributed by atoms with Gasteiger partial charge >= 0.3 is 0 Å². The maximum atomic E-state index is 13.2. The number of halogens is 1. The topological polar surface area (TPSA) is 62.8 Å². The molecule has 0 unspecified atom stereocenters. The normalized spacial score (nSPS) is 14.3. The molecule has 2 aromatic rings. The number of aromatic nitrogens is 2. The molecule has 96 valence electrons. The Bertz CT molecular complexity index is 722. The van der Waals surface area contributed by atoms with E-state index in [1.165, 1.54) is 6.20 Å². The molecule has 0 amide bonds. The minimum absolute atomic E-state index is 0.105. The minimum atomic E-state index is -0.840. The number of rotatable bonds is 1. The molecule has 1 N–H and O–H groups in total. The summed E-state index contributed by atoms with van der Waals surface area (Å²) < 4.78 is 13.2. The Morgan fingerprint density at radius 3 is 2.84 bits per heavy atom. The average molecular weight is 258 g/mol. The summed E-state index contributed by atoms with van der Waals surface area (Å²) in [5.74, 6) is -0.735. The van der Waals surface area contributed by atoms with E-state index in [1.807, 2.05) is 0 Å². The van der Waals surface area contributed by atoms with Gasteiger partial charge < -0.3 is 4.98 Å². The van der Waals surface area contributed by atoms with Crippen LogP contribution in [0.2, 0.25) is 0 Å². The Hall–Kier alpha value is -2.30. The van der Waals surface area contributed by atoms with Gasteiger partial charge in [0.2, 0.25) is 0 Å². The van der Waals surface area contributed by atoms with E-state index in [9.17, 15) is 14.0 Å². The number of carbonyl (C=O) groups is 1. The zero-order valence-electron chi connectivity index (χ0n) is 10.1. The molecule has 0 saturated carbocycles. The number of carbonyl (C=O) groups excluding carboxylic acids is 1. The summed E-state index contributed by atoms with van der Waals surface area (Å²) in [6, 6.07) is 4.55. The van der Waals surface area contributed by atoms with Gasteiger partial charge in [0.1, 0.15) is 0 Å². The Labute approximate surface area is 108 Å². The van der Waals surface area contributed by atoms with Crippen LogP contribution in [0.3, 0.4) is 0 Å². The van der Waals surface area contributed by atoms with Crippen LogP contribution >= 0.6 is 0 Å². The summed E-state index contributed by atoms with van der Waals surface area (Å²) in [7, 11) is 0. The van der Waals surface area contributed by atoms with Crippen molar-refractivity contribution in [2.75, 3.05) is 0 Å². The van der Waals surface area contributed by atoms with Crippen molar-refractivity contribution in [1.82, 2.24) is 9.97 Å². The number of nitrogens with one attached hydrogen (secondary N) is 1. The molecule has 5 heteroatoms. The van der Waals surface area contributed by atoms with Gasteiger partial charge in [0, 0.05) is 23.7 Å². The first-order chi connectivity index (χ1) is 9.15. The van der Waals surface area contributed by atoms with Crippen molar-refractivity contribution in [3.8, 4) is 11.3 Å². The zero-order valence-corrected chi connectivity index (χ0v) is 10.1. The van der Waals surface area contributed by atoms with Crippen LogP contribution in [0.15, 0.2) is 29.2 Å². The largest absolute Gasteiger partial charge is 0.326 e. The third-order valence-electron chi connectivity index (χ3n) is 3.25. The first kappa shape index (κ1) is 11.8. The number of hydrogen-bond acceptors (Lipinski definition) is 3. The van der Waals surface area contributed by atoms with Crippen LogP contribution in [0.1, 0.15) is 28.9 Å². The maximum Gasteiger partial charge on any atom is 0.283 e. The fourth-order valence-electron chi connectivity index (χ4n) is 2.26. The third kappa shape index (κ3) is 2.07. The maximum absolute atomic E-state index is 13.2. The summed E-state index contributed by atoms with van der Waals surface area (Å²) in [5, 5.41) is 0. The van der Waals surface area contributed by atoms with E-state index in [1.54, 1.807) is 12.1 Å². The number of Topliss-reactive ketones (excluding diaryl/α,β-unsaturated/α-hetero) is 1. The number of fused-ring (bicyclic) bond motifs is 1. The highest BCUT2D eigenvalue weighted by Crippen LogP contribution is 2.23. The summed E-state index contributed by atoms with van der Waals surface area (Å²) in [4.78, 5) is 29.4. The van der Waals surface area contributed by atoms with Gasteiger partial charge in [-0.2, -0.15) is 0 Å². The van der Waals surface area contributed by atoms with E-state index in [4.69, 9.17) is 0 Å². The molecule has 0 aliphatic heterocycles. The Morgan fingerprint density at radius 1 is 1.21 bits per heavy atom. The second-order valence-corrected chi connectivity index (χ2v) is 4.53. The highest BCUT2D eigenvalue weighted by atomic mass is 19.1. The number of aryl methyl sites for hydroxylation is 1. The van der Waals surface area contributed by atoms with Crippen molar-refractivity contribution in [1.29, 1.82) is 0 Å². The second-order valence-electron chi connectivity index (χ2n) is 4.53. The van der Waals surface area contributed by atoms with E-state index >= 15 is 0 Å². The number of ketones is 1. The van der Waals surface area contributed by atoms with Crippen LogP contribution < -0.4 is 5.56 Å². The Morgan fingerprint density at radius 2 is 2.05 bits per heavy atom. The molecule has 4 nitrogen and oxygen atoms in total. The molecule has 0 atom stereocenters. The first-order valence-corrected chi connectivity index (χ1v) is 6.07. The Kier molecular flexibility index (Phi) is 2.74. The second kappa shape index (κ2) is 4.42. The van der Waals surface area contributed by atoms with Crippen LogP contribution in [0, 0.1) is 5.82 Å². The van der Waals surface area contributed by atoms with Gasteiger partial charge in [-0.1, -0.05) is 0 Å². The van der Waals surface area contributed by atoms with Crippen LogP contribution in [0.4, 0.5) is 4.39 Å². The van der Waals surface area contributed by atoms with Crippen molar-refractivity contribution in [3.05, 3.63) is 51.8 Å². The van der Waals surface area contributed by atoms with Crippen molar-refractivity contribution < 1.29 is 9.18 Å². The molecule has 0 aromatic carbocycles. The fourth-order valence-corrected chi connectivity index (χ4v) is 2.26. The van der Waals surface area contributed by atoms with E-state index in [0.717, 1.165) is 24.6 Å². The van der Waals surface area contributed by atoms with Crippen molar-refractivity contribution >= 4 is 5.78 Å². The number of hydrogen-bond donors (Lipinski definition) is 1. The van der Waals surface area contributed by atoms with Crippen molar-refractivity contribution in [2.24, 2.45) is 0 Å². The van der Waals surface area contributed by atoms with Gasteiger partial charge in [0.15, 0.2) is 11.6 Å². The van der Waals surface area contributed by atoms with Gasteiger partial charge in [-0.3, -0.25) is 14.6 Å². The number of aromatic amines is 1. The highest BCUT2D eigenvalue weighted by molar-refractivity contribution is 5.98. The summed E-state index contributed by atoms with van der Waals surface area (Å²) >= 11 is 0. The molecule has 1 aliphatic carbocycles. The van der Waals surface area contributed by atoms with Gasteiger partial charge in [-0.05, 0) is 31.0 Å². The molecule has 0 radical (unpaired) electrons. The quantitative estimate of drug-likeness (QED) is 0.852. The standard InChI is InChI=1S/C14H11FN2O2/c15-10-6-8(7-16-14(10)19)11-5-4-9-12(17-11)2-1-3-13(9)18/h4-7H,1-3H2,(H,16,19). The molecule has 0 spiro atoms. The molecule has 0 saturated heterocycles. The van der Waals surface area contributed by atoms with Gasteiger partial charge in [0.05, 0.1) is 11.4 Å². The fraction of sp³-hybridized carbons (Fsp3) is 0.214. The van der Waals surface area contributed by atoms with Crippen LogP contribution in [-0.4, -0.2) is 15.8 Å². The van der Waals surface area contributed by atoms with Crippen LogP contribution in [0.25, 0.3) is 11.3 Å². The summed E-state index contributed by atoms with van der Waals surface area (Å²) in [6.45, 7) is 0. The predicted octanol–water partition coefficient (Wildman–Crippen LogP) is 2.09. The lowest BCUT2D eigenvalue weighted by molar-refractivity contribution is 0.0971. The number of nitrogens with zero attached hydrogens (tertiary/aromatic N) is 1. The van der Waals surface area contributed by atoms with E-state index in [0.29, 0.717) is 23.2 Å². The monoisotopic (exact) mass is 258 g/mol. The zero-order chi connectivity index (χ0) is 13.4. The summed E-state index contributed by atoms with van der Waals surface area (Å²) in [6.07, 6.45) is 3.52. The molecule has 19 heavy (non-hydrogen) atoms. The number of H-pyrrole nitrogens is 1. The third-order valence-corrected chi connectivity index (χ3v) is 3.25. The molecule has 2 aromatic heterocycles. The van der Waals surface area contributed by atoms with Crippen molar-refractivity contribution in [2.45, 2.75) is 19.3 Å². The van der Waals surface area contributed by atoms with Gasteiger partial charge in [-0.25, -0.2) is 4.39 Å². The summed E-state index contributed by atoms with van der Waals surface area (Å²) in [5.41, 5.74) is 1.71. The van der Waals surface area contributed by atoms with Gasteiger partial charge in [-0.15, -0.1) is 0 Å². The SMILES string of the molecule is O=C1CCCc2nc(-c3c[nH]c(=O)c(F)c3)ccc21.